The highest BCUT2D eigenvalue weighted by molar-refractivity contribution is 6.33. The second-order valence-electron chi connectivity index (χ2n) is 5.95. The summed E-state index contributed by atoms with van der Waals surface area (Å²) in [7, 11) is 0. The molecule has 24 heavy (non-hydrogen) atoms. The number of hydrogen-bond donors (Lipinski definition) is 1. The van der Waals surface area contributed by atoms with Crippen LogP contribution < -0.4 is 10.1 Å². The number of halogens is 1. The van der Waals surface area contributed by atoms with Crippen LogP contribution in [0.1, 0.15) is 23.6 Å². The molecule has 2 aromatic carbocycles. The highest BCUT2D eigenvalue weighted by atomic mass is 35.5. The SMILES string of the molecule is CCOc1ccc2c(c1)CN(C(=O)Nc1ccc(C)cc1Cl)CC2. The number of benzene rings is 2. The normalized spacial score (nSPS) is 13.4. The Morgan fingerprint density at radius 1 is 1.25 bits per heavy atom. The quantitative estimate of drug-likeness (QED) is 0.881. The largest absolute Gasteiger partial charge is 0.494 e. The monoisotopic (exact) mass is 344 g/mol. The van der Waals surface area contributed by atoms with E-state index in [0.29, 0.717) is 30.4 Å². The van der Waals surface area contributed by atoms with Crippen LogP contribution in [0, 0.1) is 6.92 Å². The van der Waals surface area contributed by atoms with Gasteiger partial charge in [-0.05, 0) is 61.2 Å². The molecule has 126 valence electrons. The molecular formula is C19H21ClN2O2. The molecule has 1 N–H and O–H groups in total. The van der Waals surface area contributed by atoms with Crippen molar-refractivity contribution in [1.82, 2.24) is 4.90 Å². The molecule has 1 aliphatic heterocycles. The second kappa shape index (κ2) is 7.14. The first-order valence-electron chi connectivity index (χ1n) is 8.13. The number of nitrogens with one attached hydrogen (secondary N) is 1. The summed E-state index contributed by atoms with van der Waals surface area (Å²) in [6.07, 6.45) is 0.844. The highest BCUT2D eigenvalue weighted by Crippen LogP contribution is 2.26. The molecule has 1 heterocycles. The van der Waals surface area contributed by atoms with Gasteiger partial charge in [-0.1, -0.05) is 23.7 Å². The molecule has 0 atom stereocenters. The van der Waals surface area contributed by atoms with E-state index >= 15 is 0 Å². The van der Waals surface area contributed by atoms with Crippen LogP contribution in [0.2, 0.25) is 5.02 Å². The van der Waals surface area contributed by atoms with Gasteiger partial charge in [0, 0.05) is 13.1 Å². The van der Waals surface area contributed by atoms with Gasteiger partial charge in [-0.2, -0.15) is 0 Å². The van der Waals surface area contributed by atoms with E-state index in [1.54, 1.807) is 4.90 Å². The molecule has 4 nitrogen and oxygen atoms in total. The third-order valence-corrected chi connectivity index (χ3v) is 4.47. The van der Waals surface area contributed by atoms with Crippen LogP contribution in [0.3, 0.4) is 0 Å². The first-order chi connectivity index (χ1) is 11.6. The number of urea groups is 1. The standard InChI is InChI=1S/C19H21ClN2O2/c1-3-24-16-6-5-14-8-9-22(12-15(14)11-16)19(23)21-18-7-4-13(2)10-17(18)20/h4-7,10-11H,3,8-9,12H2,1-2H3,(H,21,23). The van der Waals surface area contributed by atoms with E-state index in [2.05, 4.69) is 11.4 Å². The minimum absolute atomic E-state index is 0.131. The van der Waals surface area contributed by atoms with Gasteiger partial charge < -0.3 is 15.0 Å². The Kier molecular flexibility index (Phi) is 4.95. The Labute approximate surface area is 147 Å². The van der Waals surface area contributed by atoms with E-state index in [4.69, 9.17) is 16.3 Å². The van der Waals surface area contributed by atoms with Crippen molar-refractivity contribution in [2.45, 2.75) is 26.8 Å². The van der Waals surface area contributed by atoms with E-state index in [0.717, 1.165) is 23.3 Å². The van der Waals surface area contributed by atoms with Crippen molar-refractivity contribution in [3.63, 3.8) is 0 Å². The number of carbonyl (C=O) groups is 1. The number of fused-ring (bicyclic) bond motifs is 1. The average Bonchev–Trinajstić information content (AvgIpc) is 2.57. The summed E-state index contributed by atoms with van der Waals surface area (Å²) in [6.45, 7) is 5.83. The molecule has 5 heteroatoms. The number of aryl methyl sites for hydroxylation is 1. The fourth-order valence-electron chi connectivity index (χ4n) is 2.88. The van der Waals surface area contributed by atoms with Crippen molar-refractivity contribution >= 4 is 23.3 Å². The van der Waals surface area contributed by atoms with E-state index in [1.807, 2.05) is 44.2 Å². The molecule has 0 unspecified atom stereocenters. The van der Waals surface area contributed by atoms with Gasteiger partial charge in [0.05, 0.1) is 17.3 Å². The third kappa shape index (κ3) is 3.65. The number of nitrogens with zero attached hydrogens (tertiary/aromatic N) is 1. The average molecular weight is 345 g/mol. The molecule has 1 aliphatic rings. The lowest BCUT2D eigenvalue weighted by Gasteiger charge is -2.29. The van der Waals surface area contributed by atoms with Crippen molar-refractivity contribution in [3.8, 4) is 5.75 Å². The molecular weight excluding hydrogens is 324 g/mol. The summed E-state index contributed by atoms with van der Waals surface area (Å²) in [6, 6.07) is 11.6. The smallest absolute Gasteiger partial charge is 0.322 e. The molecule has 0 saturated carbocycles. The molecule has 0 aromatic heterocycles. The van der Waals surface area contributed by atoms with Crippen molar-refractivity contribution in [2.24, 2.45) is 0 Å². The molecule has 2 aromatic rings. The third-order valence-electron chi connectivity index (χ3n) is 4.15. The minimum Gasteiger partial charge on any atom is -0.494 e. The van der Waals surface area contributed by atoms with Gasteiger partial charge in [-0.3, -0.25) is 0 Å². The number of anilines is 1. The summed E-state index contributed by atoms with van der Waals surface area (Å²) in [5, 5.41) is 3.46. The Morgan fingerprint density at radius 3 is 2.83 bits per heavy atom. The van der Waals surface area contributed by atoms with Gasteiger partial charge in [0.2, 0.25) is 0 Å². The Morgan fingerprint density at radius 2 is 2.08 bits per heavy atom. The van der Waals surface area contributed by atoms with E-state index in [-0.39, 0.29) is 6.03 Å². The van der Waals surface area contributed by atoms with Gasteiger partial charge in [-0.15, -0.1) is 0 Å². The van der Waals surface area contributed by atoms with Crippen LogP contribution in [0.25, 0.3) is 0 Å². The van der Waals surface area contributed by atoms with Crippen LogP contribution in [0.5, 0.6) is 5.75 Å². The van der Waals surface area contributed by atoms with Crippen molar-refractivity contribution in [2.75, 3.05) is 18.5 Å². The highest BCUT2D eigenvalue weighted by Gasteiger charge is 2.21. The summed E-state index contributed by atoms with van der Waals surface area (Å²) < 4.78 is 5.55. The molecule has 0 bridgehead atoms. The molecule has 0 saturated heterocycles. The summed E-state index contributed by atoms with van der Waals surface area (Å²) >= 11 is 6.20. The maximum Gasteiger partial charge on any atom is 0.322 e. The number of rotatable bonds is 3. The molecule has 0 fully saturated rings. The second-order valence-corrected chi connectivity index (χ2v) is 6.36. The van der Waals surface area contributed by atoms with Crippen LogP contribution in [-0.2, 0) is 13.0 Å². The van der Waals surface area contributed by atoms with Crippen LogP contribution in [0.4, 0.5) is 10.5 Å². The molecule has 0 spiro atoms. The fourth-order valence-corrected chi connectivity index (χ4v) is 3.16. The van der Waals surface area contributed by atoms with Crippen molar-refractivity contribution in [1.29, 1.82) is 0 Å². The lowest BCUT2D eigenvalue weighted by molar-refractivity contribution is 0.206. The fraction of sp³-hybridized carbons (Fsp3) is 0.316. The summed E-state index contributed by atoms with van der Waals surface area (Å²) in [4.78, 5) is 14.3. The predicted molar refractivity (Wildman–Crippen MR) is 96.9 cm³/mol. The minimum atomic E-state index is -0.131. The first-order valence-corrected chi connectivity index (χ1v) is 8.51. The van der Waals surface area contributed by atoms with Gasteiger partial charge in [0.25, 0.3) is 0 Å². The van der Waals surface area contributed by atoms with Crippen LogP contribution in [0.15, 0.2) is 36.4 Å². The predicted octanol–water partition coefficient (Wildman–Crippen LogP) is 4.64. The summed E-state index contributed by atoms with van der Waals surface area (Å²) in [5.74, 6) is 0.847. The van der Waals surface area contributed by atoms with E-state index in [9.17, 15) is 4.79 Å². The number of ether oxygens (including phenoxy) is 1. The van der Waals surface area contributed by atoms with Crippen molar-refractivity contribution in [3.05, 3.63) is 58.1 Å². The van der Waals surface area contributed by atoms with Crippen LogP contribution in [-0.4, -0.2) is 24.1 Å². The molecule has 3 rings (SSSR count). The maximum atomic E-state index is 12.6. The number of amides is 2. The lowest BCUT2D eigenvalue weighted by atomic mass is 10.00. The first kappa shape index (κ1) is 16.7. The number of carbonyl (C=O) groups excluding carboxylic acids is 1. The van der Waals surface area contributed by atoms with Crippen LogP contribution >= 0.6 is 11.6 Å². The maximum absolute atomic E-state index is 12.6. The molecule has 0 radical (unpaired) electrons. The van der Waals surface area contributed by atoms with Gasteiger partial charge in [0.15, 0.2) is 0 Å². The Hall–Kier alpha value is -2.20. The topological polar surface area (TPSA) is 41.6 Å². The zero-order valence-electron chi connectivity index (χ0n) is 13.9. The zero-order chi connectivity index (χ0) is 17.1. The Bertz CT molecular complexity index is 761. The van der Waals surface area contributed by atoms with Gasteiger partial charge >= 0.3 is 6.03 Å². The number of hydrogen-bond acceptors (Lipinski definition) is 2. The molecule has 2 amide bonds. The zero-order valence-corrected chi connectivity index (χ0v) is 14.7. The van der Waals surface area contributed by atoms with E-state index < -0.39 is 0 Å². The van der Waals surface area contributed by atoms with Crippen molar-refractivity contribution < 1.29 is 9.53 Å². The van der Waals surface area contributed by atoms with Gasteiger partial charge in [-0.25, -0.2) is 4.79 Å². The van der Waals surface area contributed by atoms with E-state index in [1.165, 1.54) is 5.56 Å². The van der Waals surface area contributed by atoms with Gasteiger partial charge in [0.1, 0.15) is 5.75 Å². The molecule has 0 aliphatic carbocycles. The lowest BCUT2D eigenvalue weighted by Crippen LogP contribution is -2.38. The summed E-state index contributed by atoms with van der Waals surface area (Å²) in [5.41, 5.74) is 4.11. The Balaban J connectivity index is 1.72.